The summed E-state index contributed by atoms with van der Waals surface area (Å²) in [5, 5.41) is 6.23. The summed E-state index contributed by atoms with van der Waals surface area (Å²) >= 11 is 0. The highest BCUT2D eigenvalue weighted by molar-refractivity contribution is 7.89. The third kappa shape index (κ3) is 5.28. The van der Waals surface area contributed by atoms with Crippen LogP contribution in [0.25, 0.3) is 0 Å². The van der Waals surface area contributed by atoms with Crippen molar-refractivity contribution in [3.05, 3.63) is 59.7 Å². The monoisotopic (exact) mass is 441 g/mol. The summed E-state index contributed by atoms with van der Waals surface area (Å²) in [6, 6.07) is 15.0. The number of fused-ring (bicyclic) bond motifs is 1. The number of hydrogen-bond acceptors (Lipinski definition) is 4. The van der Waals surface area contributed by atoms with Gasteiger partial charge in [0.05, 0.1) is 17.5 Å². The molecule has 1 aliphatic heterocycles. The Kier molecular flexibility index (Phi) is 6.92. The molecule has 1 heterocycles. The minimum absolute atomic E-state index is 0.0559. The molecule has 1 atom stereocenters. The van der Waals surface area contributed by atoms with Gasteiger partial charge in [-0.3, -0.25) is 4.79 Å². The maximum atomic E-state index is 12.9. The lowest BCUT2D eigenvalue weighted by molar-refractivity contribution is -0.120. The number of nitrogens with zero attached hydrogens (tertiary/aromatic N) is 1. The second-order valence-electron chi connectivity index (χ2n) is 8.41. The number of benzene rings is 2. The van der Waals surface area contributed by atoms with Crippen LogP contribution in [-0.2, 0) is 21.2 Å². The lowest BCUT2D eigenvalue weighted by atomic mass is 9.88. The molecule has 1 saturated heterocycles. The van der Waals surface area contributed by atoms with E-state index >= 15 is 0 Å². The third-order valence-electron chi connectivity index (χ3n) is 6.21. The van der Waals surface area contributed by atoms with Crippen LogP contribution in [0, 0.1) is 0 Å². The number of hydrogen-bond donors (Lipinski definition) is 2. The van der Waals surface area contributed by atoms with Crippen LogP contribution in [0.5, 0.6) is 0 Å². The predicted molar refractivity (Wildman–Crippen MR) is 122 cm³/mol. The zero-order chi connectivity index (χ0) is 21.7. The van der Waals surface area contributed by atoms with E-state index < -0.39 is 10.0 Å². The summed E-state index contributed by atoms with van der Waals surface area (Å²) in [5.41, 5.74) is 3.26. The van der Waals surface area contributed by atoms with Gasteiger partial charge in [-0.05, 0) is 67.5 Å². The molecule has 0 saturated carbocycles. The van der Waals surface area contributed by atoms with Crippen molar-refractivity contribution >= 4 is 21.6 Å². The second-order valence-corrected chi connectivity index (χ2v) is 10.3. The maximum Gasteiger partial charge on any atom is 0.243 e. The minimum Gasteiger partial charge on any atom is -0.376 e. The normalized spacial score (nSPS) is 19.8. The molecule has 1 unspecified atom stereocenters. The molecule has 0 aromatic heterocycles. The molecule has 1 amide bonds. The summed E-state index contributed by atoms with van der Waals surface area (Å²) in [6.07, 6.45) is 7.09. The number of nitrogens with one attached hydrogen (secondary N) is 2. The highest BCUT2D eigenvalue weighted by Crippen LogP contribution is 2.29. The molecule has 166 valence electrons. The highest BCUT2D eigenvalue weighted by atomic mass is 32.2. The SMILES string of the molecule is O=C(CNc1ccc(S(=O)(=O)N2CCCCCC2)cc1)NC1CCCc2ccccc21. The van der Waals surface area contributed by atoms with E-state index in [0.29, 0.717) is 18.0 Å². The first-order chi connectivity index (χ1) is 15.0. The Balaban J connectivity index is 1.33. The molecule has 2 aromatic carbocycles. The zero-order valence-electron chi connectivity index (χ0n) is 17.8. The van der Waals surface area contributed by atoms with Crippen LogP contribution in [-0.4, -0.2) is 38.3 Å². The molecule has 0 radical (unpaired) electrons. The van der Waals surface area contributed by atoms with Gasteiger partial charge in [0.15, 0.2) is 0 Å². The number of rotatable bonds is 6. The van der Waals surface area contributed by atoms with Gasteiger partial charge in [0.25, 0.3) is 0 Å². The van der Waals surface area contributed by atoms with Gasteiger partial charge in [0.1, 0.15) is 0 Å². The molecule has 1 aliphatic carbocycles. The van der Waals surface area contributed by atoms with Crippen molar-refractivity contribution in [2.75, 3.05) is 25.0 Å². The molecule has 6 nitrogen and oxygen atoms in total. The van der Waals surface area contributed by atoms with Crippen molar-refractivity contribution in [3.8, 4) is 0 Å². The molecule has 0 spiro atoms. The summed E-state index contributed by atoms with van der Waals surface area (Å²) in [7, 11) is -3.45. The van der Waals surface area contributed by atoms with Gasteiger partial charge >= 0.3 is 0 Å². The number of sulfonamides is 1. The van der Waals surface area contributed by atoms with Crippen molar-refractivity contribution in [2.45, 2.75) is 55.9 Å². The number of carbonyl (C=O) groups excluding carboxylic acids is 1. The summed E-state index contributed by atoms with van der Waals surface area (Å²) in [4.78, 5) is 12.8. The second kappa shape index (κ2) is 9.83. The Labute approximate surface area is 185 Å². The van der Waals surface area contributed by atoms with Crippen molar-refractivity contribution in [1.82, 2.24) is 9.62 Å². The van der Waals surface area contributed by atoms with E-state index in [4.69, 9.17) is 0 Å². The Morgan fingerprint density at radius 1 is 0.935 bits per heavy atom. The zero-order valence-corrected chi connectivity index (χ0v) is 18.7. The topological polar surface area (TPSA) is 78.5 Å². The Bertz CT molecular complexity index is 997. The first-order valence-electron chi connectivity index (χ1n) is 11.3. The Morgan fingerprint density at radius 3 is 2.39 bits per heavy atom. The third-order valence-corrected chi connectivity index (χ3v) is 8.13. The van der Waals surface area contributed by atoms with Crippen LogP contribution in [0.4, 0.5) is 5.69 Å². The van der Waals surface area contributed by atoms with Crippen LogP contribution in [0.1, 0.15) is 55.7 Å². The quantitative estimate of drug-likeness (QED) is 0.714. The van der Waals surface area contributed by atoms with Crippen LogP contribution in [0.3, 0.4) is 0 Å². The first-order valence-corrected chi connectivity index (χ1v) is 12.7. The van der Waals surface area contributed by atoms with Crippen LogP contribution in [0.15, 0.2) is 53.4 Å². The Hall–Kier alpha value is -2.38. The van der Waals surface area contributed by atoms with E-state index in [0.717, 1.165) is 50.6 Å². The van der Waals surface area contributed by atoms with Crippen LogP contribution in [0.2, 0.25) is 0 Å². The number of carbonyl (C=O) groups is 1. The lowest BCUT2D eigenvalue weighted by Crippen LogP contribution is -2.35. The molecule has 31 heavy (non-hydrogen) atoms. The number of anilines is 1. The van der Waals surface area contributed by atoms with E-state index in [2.05, 4.69) is 22.8 Å². The van der Waals surface area contributed by atoms with Crippen molar-refractivity contribution in [3.63, 3.8) is 0 Å². The van der Waals surface area contributed by atoms with Gasteiger partial charge in [-0.15, -0.1) is 0 Å². The fraction of sp³-hybridized carbons (Fsp3) is 0.458. The van der Waals surface area contributed by atoms with Gasteiger partial charge in [-0.2, -0.15) is 4.31 Å². The molecule has 2 N–H and O–H groups in total. The van der Waals surface area contributed by atoms with E-state index in [1.807, 2.05) is 12.1 Å². The van der Waals surface area contributed by atoms with Gasteiger partial charge in [0.2, 0.25) is 15.9 Å². The fourth-order valence-corrected chi connectivity index (χ4v) is 6.02. The first kappa shape index (κ1) is 21.8. The molecule has 0 bridgehead atoms. The molecule has 7 heteroatoms. The molecule has 4 rings (SSSR count). The number of aryl methyl sites for hydroxylation is 1. The smallest absolute Gasteiger partial charge is 0.243 e. The number of amides is 1. The van der Waals surface area contributed by atoms with Crippen molar-refractivity contribution in [1.29, 1.82) is 0 Å². The van der Waals surface area contributed by atoms with Crippen molar-refractivity contribution < 1.29 is 13.2 Å². The summed E-state index contributed by atoms with van der Waals surface area (Å²) < 4.78 is 27.4. The molecule has 1 fully saturated rings. The molecular formula is C24H31N3O3S. The van der Waals surface area contributed by atoms with E-state index in [1.54, 1.807) is 28.6 Å². The largest absolute Gasteiger partial charge is 0.376 e. The average Bonchev–Trinajstić information content (AvgIpc) is 3.09. The van der Waals surface area contributed by atoms with Gasteiger partial charge in [-0.25, -0.2) is 8.42 Å². The lowest BCUT2D eigenvalue weighted by Gasteiger charge is -2.26. The van der Waals surface area contributed by atoms with Gasteiger partial charge in [0, 0.05) is 18.8 Å². The molecular weight excluding hydrogens is 410 g/mol. The average molecular weight is 442 g/mol. The van der Waals surface area contributed by atoms with E-state index in [9.17, 15) is 13.2 Å². The van der Waals surface area contributed by atoms with Gasteiger partial charge < -0.3 is 10.6 Å². The highest BCUT2D eigenvalue weighted by Gasteiger charge is 2.25. The fourth-order valence-electron chi connectivity index (χ4n) is 4.51. The van der Waals surface area contributed by atoms with E-state index in [1.165, 1.54) is 11.1 Å². The van der Waals surface area contributed by atoms with Gasteiger partial charge in [-0.1, -0.05) is 37.1 Å². The molecule has 2 aromatic rings. The Morgan fingerprint density at radius 2 is 1.65 bits per heavy atom. The summed E-state index contributed by atoms with van der Waals surface area (Å²) in [5.74, 6) is -0.0667. The molecule has 2 aliphatic rings. The predicted octanol–water partition coefficient (Wildman–Crippen LogP) is 3.86. The van der Waals surface area contributed by atoms with Crippen LogP contribution >= 0.6 is 0 Å². The standard InChI is InChI=1S/C24H31N3O3S/c28-24(26-23-11-7-9-19-8-3-4-10-22(19)23)18-25-20-12-14-21(15-13-20)31(29,30)27-16-5-1-2-6-17-27/h3-4,8,10,12-15,23,25H,1-2,5-7,9,11,16-18H2,(H,26,28). The van der Waals surface area contributed by atoms with E-state index in [-0.39, 0.29) is 18.5 Å². The summed E-state index contributed by atoms with van der Waals surface area (Å²) in [6.45, 7) is 1.33. The van der Waals surface area contributed by atoms with Crippen LogP contribution < -0.4 is 10.6 Å². The maximum absolute atomic E-state index is 12.9. The van der Waals surface area contributed by atoms with Crippen molar-refractivity contribution in [2.24, 2.45) is 0 Å². The minimum atomic E-state index is -3.45.